The Bertz CT molecular complexity index is 923. The Morgan fingerprint density at radius 1 is 1.11 bits per heavy atom. The van der Waals surface area contributed by atoms with E-state index in [0.717, 1.165) is 25.7 Å². The summed E-state index contributed by atoms with van der Waals surface area (Å²) in [6, 6.07) is 10.7. The average Bonchev–Trinajstić information content (AvgIpc) is 3.14. The fraction of sp³-hybridized carbons (Fsp3) is 0.316. The first-order chi connectivity index (χ1) is 12.9. The highest BCUT2D eigenvalue weighted by molar-refractivity contribution is 7.92. The third-order valence-corrected chi connectivity index (χ3v) is 6.24. The van der Waals surface area contributed by atoms with Gasteiger partial charge in [-0.1, -0.05) is 24.4 Å². The van der Waals surface area contributed by atoms with Gasteiger partial charge in [0.15, 0.2) is 0 Å². The molecule has 1 fully saturated rings. The fourth-order valence-electron chi connectivity index (χ4n) is 3.06. The molecule has 2 aromatic rings. The predicted octanol–water partition coefficient (Wildman–Crippen LogP) is 3.82. The molecule has 0 radical (unpaired) electrons. The number of halogens is 1. The van der Waals surface area contributed by atoms with Gasteiger partial charge >= 0.3 is 0 Å². The molecule has 0 heterocycles. The zero-order valence-electron chi connectivity index (χ0n) is 14.9. The third-order valence-electron chi connectivity index (χ3n) is 4.53. The molecule has 1 aliphatic carbocycles. The lowest BCUT2D eigenvalue weighted by Gasteiger charge is -2.14. The van der Waals surface area contributed by atoms with Crippen LogP contribution in [0.25, 0.3) is 0 Å². The molecule has 0 saturated heterocycles. The van der Waals surface area contributed by atoms with Crippen molar-refractivity contribution in [1.29, 1.82) is 0 Å². The maximum Gasteiger partial charge on any atom is 0.261 e. The Morgan fingerprint density at radius 3 is 2.37 bits per heavy atom. The summed E-state index contributed by atoms with van der Waals surface area (Å²) in [7, 11) is -2.26. The van der Waals surface area contributed by atoms with Crippen LogP contribution < -0.4 is 14.8 Å². The van der Waals surface area contributed by atoms with Gasteiger partial charge in [-0.05, 0) is 55.3 Å². The number of carbonyl (C=O) groups excluding carboxylic acids is 1. The Labute approximate surface area is 163 Å². The minimum absolute atomic E-state index is 0.0995. The molecule has 6 nitrogen and oxygen atoms in total. The number of benzene rings is 2. The van der Waals surface area contributed by atoms with Crippen LogP contribution in [-0.2, 0) is 10.0 Å². The first-order valence-corrected chi connectivity index (χ1v) is 10.5. The lowest BCUT2D eigenvalue weighted by atomic mass is 10.1. The number of amides is 1. The van der Waals surface area contributed by atoms with Crippen LogP contribution in [-0.4, -0.2) is 27.5 Å². The van der Waals surface area contributed by atoms with Crippen LogP contribution in [0.3, 0.4) is 0 Å². The van der Waals surface area contributed by atoms with Gasteiger partial charge in [-0.15, -0.1) is 0 Å². The van der Waals surface area contributed by atoms with Gasteiger partial charge in [0.2, 0.25) is 0 Å². The van der Waals surface area contributed by atoms with Crippen LogP contribution >= 0.6 is 11.6 Å². The molecule has 0 spiro atoms. The van der Waals surface area contributed by atoms with E-state index < -0.39 is 10.0 Å². The normalized spacial score (nSPS) is 14.7. The number of hydrogen-bond donors (Lipinski definition) is 2. The minimum Gasteiger partial charge on any atom is -0.497 e. The second kappa shape index (κ2) is 8.19. The Balaban J connectivity index is 1.73. The smallest absolute Gasteiger partial charge is 0.261 e. The molecular weight excluding hydrogens is 388 g/mol. The van der Waals surface area contributed by atoms with Crippen LogP contribution in [0.1, 0.15) is 36.0 Å². The second-order valence-electron chi connectivity index (χ2n) is 6.43. The highest BCUT2D eigenvalue weighted by Crippen LogP contribution is 2.25. The van der Waals surface area contributed by atoms with Crippen molar-refractivity contribution in [3.8, 4) is 5.75 Å². The maximum absolute atomic E-state index is 12.5. The Morgan fingerprint density at radius 2 is 1.78 bits per heavy atom. The molecule has 1 aliphatic rings. The number of carbonyl (C=O) groups is 1. The van der Waals surface area contributed by atoms with Gasteiger partial charge in [0.1, 0.15) is 5.75 Å². The quantitative estimate of drug-likeness (QED) is 0.760. The summed E-state index contributed by atoms with van der Waals surface area (Å²) in [5.41, 5.74) is 0.615. The number of nitrogens with one attached hydrogen (secondary N) is 2. The summed E-state index contributed by atoms with van der Waals surface area (Å²) in [5, 5.41) is 3.16. The van der Waals surface area contributed by atoms with Gasteiger partial charge < -0.3 is 10.1 Å². The molecule has 144 valence electrons. The summed E-state index contributed by atoms with van der Waals surface area (Å²) < 4.78 is 32.5. The molecule has 3 rings (SSSR count). The van der Waals surface area contributed by atoms with Crippen LogP contribution in [0.5, 0.6) is 5.75 Å². The van der Waals surface area contributed by atoms with Crippen LogP contribution in [0.2, 0.25) is 5.02 Å². The topological polar surface area (TPSA) is 84.5 Å². The molecule has 8 heteroatoms. The third kappa shape index (κ3) is 4.73. The van der Waals surface area contributed by atoms with Crippen molar-refractivity contribution < 1.29 is 17.9 Å². The Kier molecular flexibility index (Phi) is 5.92. The van der Waals surface area contributed by atoms with Gasteiger partial charge in [-0.2, -0.15) is 0 Å². The van der Waals surface area contributed by atoms with Crippen LogP contribution in [0.4, 0.5) is 5.69 Å². The van der Waals surface area contributed by atoms with E-state index in [4.69, 9.17) is 16.3 Å². The van der Waals surface area contributed by atoms with Gasteiger partial charge in [0.25, 0.3) is 15.9 Å². The number of hydrogen-bond acceptors (Lipinski definition) is 4. The molecule has 0 atom stereocenters. The molecule has 27 heavy (non-hydrogen) atoms. The van der Waals surface area contributed by atoms with E-state index in [1.54, 1.807) is 12.1 Å². The summed E-state index contributed by atoms with van der Waals surface area (Å²) in [6.45, 7) is 0. The minimum atomic E-state index is -3.77. The number of methoxy groups -OCH3 is 1. The van der Waals surface area contributed by atoms with Crippen molar-refractivity contribution in [2.75, 3.05) is 11.8 Å². The monoisotopic (exact) mass is 408 g/mol. The van der Waals surface area contributed by atoms with E-state index in [9.17, 15) is 13.2 Å². The summed E-state index contributed by atoms with van der Waals surface area (Å²) in [4.78, 5) is 12.5. The van der Waals surface area contributed by atoms with Gasteiger partial charge in [0, 0.05) is 6.04 Å². The predicted molar refractivity (Wildman–Crippen MR) is 105 cm³/mol. The zero-order valence-corrected chi connectivity index (χ0v) is 16.4. The lowest BCUT2D eigenvalue weighted by Crippen LogP contribution is -2.32. The van der Waals surface area contributed by atoms with E-state index in [2.05, 4.69) is 10.0 Å². The summed E-state index contributed by atoms with van der Waals surface area (Å²) in [5.74, 6) is 0.325. The fourth-order valence-corrected chi connectivity index (χ4v) is 4.38. The van der Waals surface area contributed by atoms with E-state index in [1.165, 1.54) is 37.4 Å². The summed E-state index contributed by atoms with van der Waals surface area (Å²) in [6.07, 6.45) is 4.18. The largest absolute Gasteiger partial charge is 0.497 e. The molecule has 0 unspecified atom stereocenters. The number of sulfonamides is 1. The molecule has 0 aliphatic heterocycles. The van der Waals surface area contributed by atoms with Gasteiger partial charge in [-0.3, -0.25) is 9.52 Å². The van der Waals surface area contributed by atoms with Gasteiger partial charge in [0.05, 0.1) is 28.3 Å². The van der Waals surface area contributed by atoms with Crippen LogP contribution in [0, 0.1) is 0 Å². The molecule has 0 bridgehead atoms. The van der Waals surface area contributed by atoms with E-state index in [1.807, 2.05) is 0 Å². The first kappa shape index (κ1) is 19.5. The zero-order chi connectivity index (χ0) is 19.4. The molecule has 1 saturated carbocycles. The molecule has 0 aromatic heterocycles. The maximum atomic E-state index is 12.5. The average molecular weight is 409 g/mol. The number of ether oxygens (including phenoxy) is 1. The van der Waals surface area contributed by atoms with E-state index in [0.29, 0.717) is 11.3 Å². The van der Waals surface area contributed by atoms with E-state index >= 15 is 0 Å². The van der Waals surface area contributed by atoms with Gasteiger partial charge in [-0.25, -0.2) is 8.42 Å². The highest BCUT2D eigenvalue weighted by atomic mass is 35.5. The second-order valence-corrected chi connectivity index (χ2v) is 8.52. The molecule has 2 N–H and O–H groups in total. The molecule has 1 amide bonds. The number of rotatable bonds is 6. The van der Waals surface area contributed by atoms with Crippen molar-refractivity contribution >= 4 is 33.2 Å². The first-order valence-electron chi connectivity index (χ1n) is 8.66. The molecule has 2 aromatic carbocycles. The SMILES string of the molecule is COc1ccc(S(=O)(=O)Nc2ccc(C(=O)NC3CCCC3)c(Cl)c2)cc1. The van der Waals surface area contributed by atoms with Crippen molar-refractivity contribution in [1.82, 2.24) is 5.32 Å². The van der Waals surface area contributed by atoms with Crippen LogP contribution in [0.15, 0.2) is 47.4 Å². The summed E-state index contributed by atoms with van der Waals surface area (Å²) >= 11 is 6.21. The molecular formula is C19H21ClN2O4S. The number of anilines is 1. The Hall–Kier alpha value is -2.25. The lowest BCUT2D eigenvalue weighted by molar-refractivity contribution is 0.0938. The standard InChI is InChI=1S/C19H21ClN2O4S/c1-26-15-7-9-16(10-8-15)27(24,25)22-14-6-11-17(18(20)12-14)19(23)21-13-4-2-3-5-13/h6-13,22H,2-5H2,1H3,(H,21,23). The van der Waals surface area contributed by atoms with Crippen molar-refractivity contribution in [2.45, 2.75) is 36.6 Å². The van der Waals surface area contributed by atoms with Crippen molar-refractivity contribution in [3.63, 3.8) is 0 Å². The van der Waals surface area contributed by atoms with Crippen molar-refractivity contribution in [3.05, 3.63) is 53.1 Å². The highest BCUT2D eigenvalue weighted by Gasteiger charge is 2.20. The van der Waals surface area contributed by atoms with E-state index in [-0.39, 0.29) is 27.6 Å². The van der Waals surface area contributed by atoms with Crippen molar-refractivity contribution in [2.24, 2.45) is 0 Å².